The highest BCUT2D eigenvalue weighted by molar-refractivity contribution is 7.14. The second-order valence-electron chi connectivity index (χ2n) is 4.52. The lowest BCUT2D eigenvalue weighted by molar-refractivity contribution is 0.415. The van der Waals surface area contributed by atoms with E-state index < -0.39 is 0 Å². The van der Waals surface area contributed by atoms with Gasteiger partial charge in [-0.1, -0.05) is 35.3 Å². The van der Waals surface area contributed by atoms with Crippen LogP contribution in [0.1, 0.15) is 0 Å². The molecule has 112 valence electrons. The number of hydrogen-bond acceptors (Lipinski definition) is 4. The quantitative estimate of drug-likeness (QED) is 0.638. The summed E-state index contributed by atoms with van der Waals surface area (Å²) < 4.78 is 5.21. The minimum absolute atomic E-state index is 0.523. The van der Waals surface area contributed by atoms with Crippen molar-refractivity contribution in [1.29, 1.82) is 0 Å². The van der Waals surface area contributed by atoms with Crippen molar-refractivity contribution in [3.05, 3.63) is 57.9 Å². The summed E-state index contributed by atoms with van der Waals surface area (Å²) in [6.45, 7) is 0. The second-order valence-corrected chi connectivity index (χ2v) is 6.20. The number of rotatable bonds is 4. The van der Waals surface area contributed by atoms with Gasteiger partial charge in [-0.2, -0.15) is 0 Å². The number of ether oxygens (including phenoxy) is 1. The summed E-state index contributed by atoms with van der Waals surface area (Å²) in [6, 6.07) is 13.2. The summed E-state index contributed by atoms with van der Waals surface area (Å²) in [4.78, 5) is 4.57. The highest BCUT2D eigenvalue weighted by Crippen LogP contribution is 2.31. The van der Waals surface area contributed by atoms with Gasteiger partial charge in [0.15, 0.2) is 5.13 Å². The van der Waals surface area contributed by atoms with Gasteiger partial charge >= 0.3 is 0 Å². The van der Waals surface area contributed by atoms with E-state index >= 15 is 0 Å². The first kappa shape index (κ1) is 15.2. The van der Waals surface area contributed by atoms with Crippen LogP contribution in [-0.2, 0) is 0 Å². The Morgan fingerprint density at radius 2 is 1.95 bits per heavy atom. The Labute approximate surface area is 142 Å². The molecule has 3 nitrogen and oxygen atoms in total. The zero-order chi connectivity index (χ0) is 15.5. The maximum absolute atomic E-state index is 6.05. The van der Waals surface area contributed by atoms with E-state index in [0.29, 0.717) is 10.0 Å². The largest absolute Gasteiger partial charge is 0.497 e. The van der Waals surface area contributed by atoms with Crippen LogP contribution >= 0.6 is 34.5 Å². The first-order chi connectivity index (χ1) is 10.7. The third kappa shape index (κ3) is 3.35. The van der Waals surface area contributed by atoms with Gasteiger partial charge in [-0.05, 0) is 24.3 Å². The predicted molar refractivity (Wildman–Crippen MR) is 93.8 cm³/mol. The van der Waals surface area contributed by atoms with E-state index in [0.717, 1.165) is 27.8 Å². The molecule has 0 spiro atoms. The fourth-order valence-corrected chi connectivity index (χ4v) is 2.98. The van der Waals surface area contributed by atoms with Crippen molar-refractivity contribution < 1.29 is 4.74 Å². The lowest BCUT2D eigenvalue weighted by Crippen LogP contribution is -1.90. The molecule has 1 heterocycles. The van der Waals surface area contributed by atoms with Crippen molar-refractivity contribution >= 4 is 45.4 Å². The van der Waals surface area contributed by atoms with Crippen LogP contribution in [0.3, 0.4) is 0 Å². The highest BCUT2D eigenvalue weighted by Gasteiger charge is 2.07. The van der Waals surface area contributed by atoms with Crippen LogP contribution in [0.25, 0.3) is 11.3 Å². The Bertz CT molecular complexity index is 804. The van der Waals surface area contributed by atoms with Crippen molar-refractivity contribution in [2.75, 3.05) is 12.4 Å². The lowest BCUT2D eigenvalue weighted by Gasteiger charge is -2.05. The van der Waals surface area contributed by atoms with Gasteiger partial charge < -0.3 is 10.1 Å². The van der Waals surface area contributed by atoms with Gasteiger partial charge in [-0.25, -0.2) is 4.98 Å². The maximum atomic E-state index is 6.05. The molecule has 0 aliphatic heterocycles. The lowest BCUT2D eigenvalue weighted by atomic mass is 10.2. The zero-order valence-electron chi connectivity index (χ0n) is 11.6. The van der Waals surface area contributed by atoms with E-state index in [2.05, 4.69) is 10.3 Å². The van der Waals surface area contributed by atoms with Crippen LogP contribution in [0, 0.1) is 0 Å². The molecule has 0 aliphatic rings. The molecule has 0 fully saturated rings. The smallest absolute Gasteiger partial charge is 0.187 e. The summed E-state index contributed by atoms with van der Waals surface area (Å²) in [6.07, 6.45) is 0. The SMILES string of the molecule is COc1cccc(Nc2nc(-c3ccc(Cl)c(Cl)c3)cs2)c1. The summed E-state index contributed by atoms with van der Waals surface area (Å²) >= 11 is 13.5. The van der Waals surface area contributed by atoms with E-state index in [1.165, 1.54) is 11.3 Å². The van der Waals surface area contributed by atoms with E-state index in [9.17, 15) is 0 Å². The summed E-state index contributed by atoms with van der Waals surface area (Å²) in [5.74, 6) is 0.797. The second kappa shape index (κ2) is 6.57. The molecule has 0 radical (unpaired) electrons. The predicted octanol–water partition coefficient (Wildman–Crippen LogP) is 5.87. The zero-order valence-corrected chi connectivity index (χ0v) is 14.0. The number of nitrogens with zero attached hydrogens (tertiary/aromatic N) is 1. The molecular weight excluding hydrogens is 339 g/mol. The van der Waals surface area contributed by atoms with Crippen LogP contribution in [0.2, 0.25) is 10.0 Å². The third-order valence-corrected chi connectivity index (χ3v) is 4.54. The molecule has 1 N–H and O–H groups in total. The molecule has 0 saturated carbocycles. The van der Waals surface area contributed by atoms with Gasteiger partial charge in [-0.3, -0.25) is 0 Å². The Kier molecular flexibility index (Phi) is 4.52. The van der Waals surface area contributed by atoms with Gasteiger partial charge in [0.1, 0.15) is 5.75 Å². The molecule has 0 saturated heterocycles. The van der Waals surface area contributed by atoms with Crippen molar-refractivity contribution in [2.45, 2.75) is 0 Å². The molecule has 6 heteroatoms. The molecule has 3 rings (SSSR count). The van der Waals surface area contributed by atoms with Gasteiger partial charge in [-0.15, -0.1) is 11.3 Å². The highest BCUT2D eigenvalue weighted by atomic mass is 35.5. The molecule has 0 unspecified atom stereocenters. The third-order valence-electron chi connectivity index (χ3n) is 3.04. The monoisotopic (exact) mass is 350 g/mol. The van der Waals surface area contributed by atoms with Crippen molar-refractivity contribution in [3.63, 3.8) is 0 Å². The van der Waals surface area contributed by atoms with Crippen LogP contribution in [0.5, 0.6) is 5.75 Å². The summed E-state index contributed by atoms with van der Waals surface area (Å²) in [5.41, 5.74) is 2.72. The van der Waals surface area contributed by atoms with Crippen LogP contribution in [-0.4, -0.2) is 12.1 Å². The molecule has 3 aromatic rings. The van der Waals surface area contributed by atoms with Crippen molar-refractivity contribution in [1.82, 2.24) is 4.98 Å². The topological polar surface area (TPSA) is 34.1 Å². The minimum Gasteiger partial charge on any atom is -0.497 e. The van der Waals surface area contributed by atoms with Crippen LogP contribution < -0.4 is 10.1 Å². The number of thiazole rings is 1. The Morgan fingerprint density at radius 1 is 1.09 bits per heavy atom. The number of halogens is 2. The molecule has 22 heavy (non-hydrogen) atoms. The summed E-state index contributed by atoms with van der Waals surface area (Å²) in [7, 11) is 1.64. The molecule has 0 bridgehead atoms. The number of hydrogen-bond donors (Lipinski definition) is 1. The van der Waals surface area contributed by atoms with E-state index in [1.807, 2.05) is 41.8 Å². The number of aromatic nitrogens is 1. The van der Waals surface area contributed by atoms with Gasteiger partial charge in [0.05, 0.1) is 22.8 Å². The van der Waals surface area contributed by atoms with Gasteiger partial charge in [0.25, 0.3) is 0 Å². The number of benzene rings is 2. The average molecular weight is 351 g/mol. The fraction of sp³-hybridized carbons (Fsp3) is 0.0625. The van der Waals surface area contributed by atoms with Crippen molar-refractivity contribution in [2.24, 2.45) is 0 Å². The minimum atomic E-state index is 0.523. The molecule has 2 aromatic carbocycles. The normalized spacial score (nSPS) is 10.5. The Morgan fingerprint density at radius 3 is 2.73 bits per heavy atom. The Balaban J connectivity index is 1.82. The maximum Gasteiger partial charge on any atom is 0.187 e. The molecule has 0 atom stereocenters. The summed E-state index contributed by atoms with van der Waals surface area (Å²) in [5, 5.41) is 7.10. The molecular formula is C16H12Cl2N2OS. The number of anilines is 2. The van der Waals surface area contributed by atoms with Gasteiger partial charge in [0.2, 0.25) is 0 Å². The fourth-order valence-electron chi connectivity index (χ4n) is 1.94. The Hall–Kier alpha value is -1.75. The van der Waals surface area contributed by atoms with E-state index in [4.69, 9.17) is 27.9 Å². The first-order valence-electron chi connectivity index (χ1n) is 6.48. The average Bonchev–Trinajstić information content (AvgIpc) is 2.98. The number of methoxy groups -OCH3 is 1. The standard InChI is InChI=1S/C16H12Cl2N2OS/c1-21-12-4-2-3-11(8-12)19-16-20-15(9-22-16)10-5-6-13(17)14(18)7-10/h2-9H,1H3,(H,19,20). The molecule has 0 aliphatic carbocycles. The first-order valence-corrected chi connectivity index (χ1v) is 8.11. The molecule has 0 amide bonds. The van der Waals surface area contributed by atoms with Gasteiger partial charge in [0, 0.05) is 22.7 Å². The van der Waals surface area contributed by atoms with E-state index in [1.54, 1.807) is 13.2 Å². The van der Waals surface area contributed by atoms with Crippen molar-refractivity contribution in [3.8, 4) is 17.0 Å². The number of nitrogens with one attached hydrogen (secondary N) is 1. The van der Waals surface area contributed by atoms with Crippen LogP contribution in [0.15, 0.2) is 47.8 Å². The van der Waals surface area contributed by atoms with E-state index in [-0.39, 0.29) is 0 Å². The van der Waals surface area contributed by atoms with Crippen LogP contribution in [0.4, 0.5) is 10.8 Å². The molecule has 1 aromatic heterocycles.